The number of nitrogens with one attached hydrogen (secondary N) is 3. The lowest BCUT2D eigenvalue weighted by Crippen LogP contribution is -2.57. The third-order valence-corrected chi connectivity index (χ3v) is 11.1. The fourth-order valence-electron chi connectivity index (χ4n) is 8.29. The molecule has 0 spiro atoms. The van der Waals surface area contributed by atoms with E-state index in [0.29, 0.717) is 51.5 Å². The first-order valence-electron chi connectivity index (χ1n) is 18.3. The molecule has 4 aromatic rings. The molecule has 0 bridgehead atoms. The number of carbonyl (C=O) groups is 2. The molecule has 3 aliphatic rings. The van der Waals surface area contributed by atoms with Crippen molar-refractivity contribution in [2.24, 2.45) is 0 Å². The molecule has 3 N–H and O–H groups in total. The van der Waals surface area contributed by atoms with Crippen LogP contribution in [0.5, 0.6) is 0 Å². The van der Waals surface area contributed by atoms with E-state index < -0.39 is 6.04 Å². The summed E-state index contributed by atoms with van der Waals surface area (Å²) in [4.78, 5) is 55.2. The summed E-state index contributed by atoms with van der Waals surface area (Å²) in [5, 5.41) is 7.53. The summed E-state index contributed by atoms with van der Waals surface area (Å²) in [7, 11) is 0. The molecule has 0 radical (unpaired) electrons. The number of likely N-dealkylation sites (tertiary alicyclic amines) is 2. The smallest absolute Gasteiger partial charge is 0.326 e. The molecule has 3 amide bonds. The van der Waals surface area contributed by atoms with Gasteiger partial charge < -0.3 is 25.4 Å². The van der Waals surface area contributed by atoms with Crippen LogP contribution < -0.4 is 16.3 Å². The summed E-state index contributed by atoms with van der Waals surface area (Å²) in [6.07, 6.45) is 7.34. The molecule has 11 heteroatoms. The first-order valence-corrected chi connectivity index (χ1v) is 18.3. The fourth-order valence-corrected chi connectivity index (χ4v) is 8.29. The normalized spacial score (nSPS) is 19.1. The highest BCUT2D eigenvalue weighted by Gasteiger charge is 2.34. The Morgan fingerprint density at radius 3 is 2.31 bits per heavy atom. The quantitative estimate of drug-likeness (QED) is 0.263. The molecular weight excluding hydrogens is 616 g/mol. The van der Waals surface area contributed by atoms with Gasteiger partial charge in [-0.2, -0.15) is 0 Å². The first kappa shape index (κ1) is 33.3. The van der Waals surface area contributed by atoms with Crippen LogP contribution in [0.2, 0.25) is 0 Å². The van der Waals surface area contributed by atoms with Gasteiger partial charge in [-0.15, -0.1) is 0 Å². The Morgan fingerprint density at radius 1 is 0.878 bits per heavy atom. The Balaban J connectivity index is 1.04. The van der Waals surface area contributed by atoms with Gasteiger partial charge in [0, 0.05) is 76.2 Å². The van der Waals surface area contributed by atoms with Gasteiger partial charge in [0.05, 0.1) is 22.7 Å². The second-order valence-corrected chi connectivity index (χ2v) is 13.9. The lowest BCUT2D eigenvalue weighted by molar-refractivity contribution is -0.134. The number of aromatic amines is 1. The van der Waals surface area contributed by atoms with Gasteiger partial charge in [-0.05, 0) is 61.3 Å². The highest BCUT2D eigenvalue weighted by molar-refractivity contribution is 6.01. The van der Waals surface area contributed by atoms with Crippen LogP contribution in [0, 0.1) is 0 Å². The number of carbonyl (C=O) groups excluding carboxylic acids is 2. The van der Waals surface area contributed by atoms with Crippen molar-refractivity contribution in [3.63, 3.8) is 0 Å². The zero-order valence-electron chi connectivity index (χ0n) is 28.9. The Morgan fingerprint density at radius 2 is 1.57 bits per heavy atom. The number of aromatic nitrogens is 3. The highest BCUT2D eigenvalue weighted by Crippen LogP contribution is 2.28. The lowest BCUT2D eigenvalue weighted by Gasteiger charge is -2.41. The van der Waals surface area contributed by atoms with Gasteiger partial charge in [0.25, 0.3) is 0 Å². The fraction of sp³-hybridized carbons (Fsp3) is 0.526. The second kappa shape index (κ2) is 14.7. The van der Waals surface area contributed by atoms with Crippen molar-refractivity contribution in [1.29, 1.82) is 0 Å². The van der Waals surface area contributed by atoms with E-state index in [2.05, 4.69) is 57.5 Å². The number of amides is 3. The minimum atomic E-state index is -0.645. The average molecular weight is 667 g/mol. The number of H-pyrrole nitrogens is 1. The standard InChI is InChI=1S/C38H50N8O3/c1-3-27-10-9-26(23-28(27)4-2)24-33(36(47)44-17-11-29(12-18-44)43-21-15-39-16-22-43)41-37(48)45-19-13-30(14-20-45)46-34-25-40-32-8-6-5-7-31(32)35(34)42-38(46)49/h5-10,23,25,29-30,33,39H,3-4,11-22,24H2,1-2H3,(H,41,48)(H,42,49)/t33-/m1/s1. The van der Waals surface area contributed by atoms with Crippen LogP contribution in [0.3, 0.4) is 0 Å². The molecule has 2 aromatic carbocycles. The summed E-state index contributed by atoms with van der Waals surface area (Å²) in [6, 6.07) is 13.9. The number of fused-ring (bicyclic) bond motifs is 3. The largest absolute Gasteiger partial charge is 0.341 e. The molecule has 0 saturated carbocycles. The number of imidazole rings is 1. The van der Waals surface area contributed by atoms with Crippen molar-refractivity contribution in [3.05, 3.63) is 75.8 Å². The van der Waals surface area contributed by atoms with Crippen LogP contribution >= 0.6 is 0 Å². The predicted molar refractivity (Wildman–Crippen MR) is 193 cm³/mol. The van der Waals surface area contributed by atoms with E-state index in [0.717, 1.165) is 79.4 Å². The van der Waals surface area contributed by atoms with E-state index >= 15 is 0 Å². The maximum absolute atomic E-state index is 14.2. The van der Waals surface area contributed by atoms with E-state index in [-0.39, 0.29) is 23.7 Å². The second-order valence-electron chi connectivity index (χ2n) is 13.9. The number of hydrogen-bond acceptors (Lipinski definition) is 6. The van der Waals surface area contributed by atoms with E-state index in [1.165, 1.54) is 11.1 Å². The summed E-state index contributed by atoms with van der Waals surface area (Å²) in [5.41, 5.74) is 5.98. The zero-order valence-corrected chi connectivity index (χ0v) is 28.9. The van der Waals surface area contributed by atoms with Gasteiger partial charge in [0.1, 0.15) is 6.04 Å². The summed E-state index contributed by atoms with van der Waals surface area (Å²) >= 11 is 0. The van der Waals surface area contributed by atoms with Gasteiger partial charge >= 0.3 is 11.7 Å². The van der Waals surface area contributed by atoms with E-state index in [9.17, 15) is 14.4 Å². The molecule has 3 aliphatic heterocycles. The molecule has 0 unspecified atom stereocenters. The van der Waals surface area contributed by atoms with Gasteiger partial charge in [-0.3, -0.25) is 19.2 Å². The van der Waals surface area contributed by atoms with Crippen LogP contribution in [-0.2, 0) is 24.1 Å². The number of hydrogen-bond donors (Lipinski definition) is 3. The Hall–Kier alpha value is -4.22. The molecule has 7 rings (SSSR count). The number of para-hydroxylation sites is 1. The molecule has 5 heterocycles. The van der Waals surface area contributed by atoms with Crippen LogP contribution in [-0.4, -0.2) is 106 Å². The zero-order chi connectivity index (χ0) is 33.9. The van der Waals surface area contributed by atoms with Crippen LogP contribution in [0.25, 0.3) is 21.9 Å². The van der Waals surface area contributed by atoms with E-state index in [4.69, 9.17) is 0 Å². The summed E-state index contributed by atoms with van der Waals surface area (Å²) in [6.45, 7) is 10.9. The Bertz CT molecular complexity index is 1840. The number of piperazine rings is 1. The number of pyridine rings is 1. The predicted octanol–water partition coefficient (Wildman–Crippen LogP) is 3.86. The van der Waals surface area contributed by atoms with Crippen LogP contribution in [0.4, 0.5) is 4.79 Å². The van der Waals surface area contributed by atoms with Crippen molar-refractivity contribution in [3.8, 4) is 0 Å². The Kier molecular flexibility index (Phi) is 10.00. The first-order chi connectivity index (χ1) is 23.9. The van der Waals surface area contributed by atoms with Crippen LogP contribution in [0.1, 0.15) is 62.3 Å². The molecule has 3 saturated heterocycles. The minimum absolute atomic E-state index is 0.00434. The Labute approximate surface area is 288 Å². The van der Waals surface area contributed by atoms with Gasteiger partial charge in [-0.1, -0.05) is 50.2 Å². The monoisotopic (exact) mass is 666 g/mol. The number of urea groups is 1. The summed E-state index contributed by atoms with van der Waals surface area (Å²) in [5.74, 6) is 0.00434. The minimum Gasteiger partial charge on any atom is -0.341 e. The topological polar surface area (TPSA) is 119 Å². The highest BCUT2D eigenvalue weighted by atomic mass is 16.2. The third-order valence-electron chi connectivity index (χ3n) is 11.1. The molecule has 260 valence electrons. The van der Waals surface area contributed by atoms with Gasteiger partial charge in [0.15, 0.2) is 0 Å². The molecule has 3 fully saturated rings. The van der Waals surface area contributed by atoms with Crippen molar-refractivity contribution in [2.75, 3.05) is 52.4 Å². The number of nitrogens with zero attached hydrogens (tertiary/aromatic N) is 5. The molecule has 49 heavy (non-hydrogen) atoms. The van der Waals surface area contributed by atoms with Crippen molar-refractivity contribution in [1.82, 2.24) is 39.9 Å². The lowest BCUT2D eigenvalue weighted by atomic mass is 9.95. The molecule has 11 nitrogen and oxygen atoms in total. The summed E-state index contributed by atoms with van der Waals surface area (Å²) < 4.78 is 1.81. The third kappa shape index (κ3) is 6.96. The molecule has 1 atom stereocenters. The number of rotatable bonds is 8. The molecular formula is C38H50N8O3. The van der Waals surface area contributed by atoms with Gasteiger partial charge in [0.2, 0.25) is 5.91 Å². The number of piperidine rings is 2. The molecule has 0 aliphatic carbocycles. The van der Waals surface area contributed by atoms with Crippen molar-refractivity contribution < 1.29 is 9.59 Å². The average Bonchev–Trinajstić information content (AvgIpc) is 3.50. The number of aryl methyl sites for hydroxylation is 2. The van der Waals surface area contributed by atoms with Crippen molar-refractivity contribution >= 4 is 33.9 Å². The maximum atomic E-state index is 14.2. The van der Waals surface area contributed by atoms with E-state index in [1.54, 1.807) is 11.1 Å². The van der Waals surface area contributed by atoms with Crippen molar-refractivity contribution in [2.45, 2.75) is 76.9 Å². The molecule has 2 aromatic heterocycles. The maximum Gasteiger partial charge on any atom is 0.326 e. The van der Waals surface area contributed by atoms with E-state index in [1.807, 2.05) is 33.7 Å². The van der Waals surface area contributed by atoms with Gasteiger partial charge in [-0.25, -0.2) is 9.59 Å². The number of benzene rings is 2. The van der Waals surface area contributed by atoms with Crippen LogP contribution in [0.15, 0.2) is 53.5 Å². The SMILES string of the molecule is CCc1ccc(C[C@@H](NC(=O)N2CCC(n3c(=O)[nH]c4c5ccccc5ncc43)CC2)C(=O)N2CCC(N3CCNCC3)CC2)cc1CC.